The number of aliphatic hydroxyl groups excluding tert-OH is 1. The van der Waals surface area contributed by atoms with Gasteiger partial charge in [0, 0.05) is 14.2 Å². The molecule has 0 saturated carbocycles. The molecule has 0 aromatic carbocycles. The van der Waals surface area contributed by atoms with Crippen LogP contribution in [0.2, 0.25) is 0 Å². The molecule has 1 aliphatic heterocycles. The molecule has 0 spiro atoms. The van der Waals surface area contributed by atoms with Gasteiger partial charge in [-0.1, -0.05) is 0 Å². The molecule has 2 unspecified atom stereocenters. The van der Waals surface area contributed by atoms with E-state index < -0.39 is 24.5 Å². The first kappa shape index (κ1) is 19.0. The van der Waals surface area contributed by atoms with Crippen LogP contribution in [0.3, 0.4) is 0 Å². The maximum Gasteiger partial charge on any atom is 0.186 e. The Hall–Kier alpha value is -1.36. The molecule has 14 heteroatoms. The highest BCUT2D eigenvalue weighted by molar-refractivity contribution is 7.26. The topological polar surface area (TPSA) is 127 Å². The van der Waals surface area contributed by atoms with Crippen molar-refractivity contribution >= 4 is 34.9 Å². The van der Waals surface area contributed by atoms with E-state index in [0.717, 1.165) is 0 Å². The van der Waals surface area contributed by atoms with Crippen molar-refractivity contribution in [1.82, 2.24) is 29.1 Å². The summed E-state index contributed by atoms with van der Waals surface area (Å²) < 4.78 is 30.2. The molecule has 12 nitrogen and oxygen atoms in total. The molecule has 1 saturated heterocycles. The van der Waals surface area contributed by atoms with Crippen LogP contribution in [0.4, 0.5) is 0 Å². The highest BCUT2D eigenvalue weighted by atomic mass is 31.1. The quantitative estimate of drug-likeness (QED) is 0.408. The monoisotopic (exact) mass is 416 g/mol. The average Bonchev–Trinajstić information content (AvgIpc) is 3.37. The van der Waals surface area contributed by atoms with Gasteiger partial charge >= 0.3 is 0 Å². The van der Waals surface area contributed by atoms with Crippen LogP contribution in [0.1, 0.15) is 6.23 Å². The minimum atomic E-state index is -0.972. The predicted octanol–water partition coefficient (Wildman–Crippen LogP) is 0.444. The Morgan fingerprint density at radius 1 is 1.15 bits per heavy atom. The highest BCUT2D eigenvalue weighted by Crippen LogP contribution is 2.37. The first-order chi connectivity index (χ1) is 13.2. The molecule has 1 fully saturated rings. The molecule has 0 radical (unpaired) electrons. The van der Waals surface area contributed by atoms with Crippen LogP contribution < -0.4 is 0 Å². The summed E-state index contributed by atoms with van der Waals surface area (Å²) in [5.74, 6) is 0. The average molecular weight is 416 g/mol. The molecule has 4 heterocycles. The third-order valence-electron chi connectivity index (χ3n) is 4.08. The number of imidazole rings is 1. The van der Waals surface area contributed by atoms with Crippen molar-refractivity contribution in [1.29, 1.82) is 0 Å². The van der Waals surface area contributed by atoms with Gasteiger partial charge in [-0.25, -0.2) is 19.5 Å². The summed E-state index contributed by atoms with van der Waals surface area (Å²) in [6, 6.07) is 0. The summed E-state index contributed by atoms with van der Waals surface area (Å²) in [5.41, 5.74) is 1.65. The first-order valence-corrected chi connectivity index (χ1v) is 9.55. The van der Waals surface area contributed by atoms with Gasteiger partial charge < -0.3 is 27.9 Å². The van der Waals surface area contributed by atoms with Gasteiger partial charge in [-0.15, -0.1) is 0 Å². The molecule has 6 atom stereocenters. The lowest BCUT2D eigenvalue weighted by Crippen LogP contribution is -2.34. The number of fused-ring (bicyclic) bond motifs is 3. The first-order valence-electron chi connectivity index (χ1n) is 7.92. The summed E-state index contributed by atoms with van der Waals surface area (Å²) in [6.07, 6.45) is 1.64. The van der Waals surface area contributed by atoms with Crippen molar-refractivity contribution in [3.8, 4) is 0 Å². The molecule has 4 rings (SSSR count). The fourth-order valence-corrected chi connectivity index (χ4v) is 3.80. The van der Waals surface area contributed by atoms with Crippen LogP contribution in [-0.4, -0.2) is 73.4 Å². The number of hydrogen-bond acceptors (Lipinski definition) is 10. The van der Waals surface area contributed by atoms with Crippen molar-refractivity contribution in [3.05, 3.63) is 19.0 Å². The Bertz CT molecular complexity index is 908. The van der Waals surface area contributed by atoms with Gasteiger partial charge in [-0.3, -0.25) is 4.57 Å². The molecule has 1 N–H and O–H groups in total. The fraction of sp³-hybridized carbons (Fsp3) is 0.538. The minimum absolute atomic E-state index is 0.128. The van der Waals surface area contributed by atoms with E-state index in [1.165, 1.54) is 24.3 Å². The second-order valence-electron chi connectivity index (χ2n) is 5.62. The van der Waals surface area contributed by atoms with E-state index in [4.69, 9.17) is 22.8 Å². The van der Waals surface area contributed by atoms with Crippen molar-refractivity contribution in [2.45, 2.75) is 24.5 Å². The van der Waals surface area contributed by atoms with Crippen LogP contribution in [0.15, 0.2) is 19.0 Å². The highest BCUT2D eigenvalue weighted by Gasteiger charge is 2.46. The maximum absolute atomic E-state index is 10.8. The Morgan fingerprint density at radius 3 is 2.81 bits per heavy atom. The van der Waals surface area contributed by atoms with Crippen LogP contribution >= 0.6 is 18.1 Å². The second-order valence-corrected chi connectivity index (χ2v) is 7.30. The SMILES string of the molecule is COPOC[C@H]1O[C@@H](n2cnc3c2ncn2ncnc32)[C@H](O)[C@@H]1OPOC. The summed E-state index contributed by atoms with van der Waals surface area (Å²) in [6.45, 7) is 0.202. The number of aromatic nitrogens is 6. The van der Waals surface area contributed by atoms with E-state index in [1.807, 2.05) is 0 Å². The fourth-order valence-electron chi connectivity index (χ4n) is 2.95. The minimum Gasteiger partial charge on any atom is -0.386 e. The standard InChI is InChI=1S/C13H18N6O6P2/c1-21-26-23-3-7-10(25-27-22-2)9(20)13(24-7)18-5-15-8-11(18)16-6-19-12(8)14-4-17-19/h4-7,9-10,13,20,26-27H,3H2,1-2H3/t7-,9-,10-,13-/m1/s1. The van der Waals surface area contributed by atoms with E-state index in [2.05, 4.69) is 20.1 Å². The van der Waals surface area contributed by atoms with Gasteiger partial charge in [0.1, 0.15) is 31.0 Å². The van der Waals surface area contributed by atoms with Gasteiger partial charge in [0.25, 0.3) is 0 Å². The van der Waals surface area contributed by atoms with Crippen molar-refractivity contribution in [2.24, 2.45) is 0 Å². The number of nitrogens with zero attached hydrogens (tertiary/aromatic N) is 6. The zero-order valence-corrected chi connectivity index (χ0v) is 16.4. The van der Waals surface area contributed by atoms with Gasteiger partial charge in [0.05, 0.1) is 12.9 Å². The third-order valence-corrected chi connectivity index (χ3v) is 5.07. The van der Waals surface area contributed by atoms with Gasteiger partial charge in [0.15, 0.2) is 41.1 Å². The molecule has 3 aromatic heterocycles. The van der Waals surface area contributed by atoms with Gasteiger partial charge in [0.2, 0.25) is 0 Å². The molecule has 0 aliphatic carbocycles. The lowest BCUT2D eigenvalue weighted by Gasteiger charge is -2.19. The summed E-state index contributed by atoms with van der Waals surface area (Å²) >= 11 is 0. The Kier molecular flexibility index (Phi) is 5.86. The third kappa shape index (κ3) is 3.55. The zero-order chi connectivity index (χ0) is 18.8. The van der Waals surface area contributed by atoms with Crippen molar-refractivity contribution < 1.29 is 27.9 Å². The number of ether oxygens (including phenoxy) is 1. The Balaban J connectivity index is 1.63. The van der Waals surface area contributed by atoms with Crippen molar-refractivity contribution in [2.75, 3.05) is 20.8 Å². The number of rotatable bonds is 8. The normalized spacial score (nSPS) is 26.6. The predicted molar refractivity (Wildman–Crippen MR) is 95.5 cm³/mol. The Morgan fingerprint density at radius 2 is 2.00 bits per heavy atom. The number of hydrogen-bond donors (Lipinski definition) is 1. The summed E-state index contributed by atoms with van der Waals surface area (Å²) in [5, 5.41) is 14.9. The van der Waals surface area contributed by atoms with E-state index in [9.17, 15) is 5.11 Å². The van der Waals surface area contributed by atoms with E-state index >= 15 is 0 Å². The van der Waals surface area contributed by atoms with Crippen LogP contribution in [-0.2, 0) is 22.8 Å². The molecule has 3 aromatic rings. The molecule has 27 heavy (non-hydrogen) atoms. The maximum atomic E-state index is 10.8. The Labute approximate surface area is 157 Å². The summed E-state index contributed by atoms with van der Waals surface area (Å²) in [4.78, 5) is 12.9. The molecular formula is C13H18N6O6P2. The molecule has 0 bridgehead atoms. The molecule has 1 aliphatic rings. The van der Waals surface area contributed by atoms with E-state index in [-0.39, 0.29) is 24.7 Å². The lowest BCUT2D eigenvalue weighted by molar-refractivity contribution is -0.0463. The van der Waals surface area contributed by atoms with Crippen molar-refractivity contribution in [3.63, 3.8) is 0 Å². The van der Waals surface area contributed by atoms with E-state index in [0.29, 0.717) is 16.8 Å². The lowest BCUT2D eigenvalue weighted by atomic mass is 10.1. The molecular weight excluding hydrogens is 398 g/mol. The zero-order valence-electron chi connectivity index (χ0n) is 14.4. The molecule has 0 amide bonds. The van der Waals surface area contributed by atoms with Gasteiger partial charge in [-0.05, 0) is 0 Å². The van der Waals surface area contributed by atoms with Crippen LogP contribution in [0.5, 0.6) is 0 Å². The van der Waals surface area contributed by atoms with Gasteiger partial charge in [-0.2, -0.15) is 5.10 Å². The largest absolute Gasteiger partial charge is 0.386 e. The second kappa shape index (κ2) is 8.34. The van der Waals surface area contributed by atoms with Crippen LogP contribution in [0.25, 0.3) is 16.8 Å². The van der Waals surface area contributed by atoms with Crippen LogP contribution in [0, 0.1) is 0 Å². The summed E-state index contributed by atoms with van der Waals surface area (Å²) in [7, 11) is 2.70. The smallest absolute Gasteiger partial charge is 0.186 e. The van der Waals surface area contributed by atoms with E-state index in [1.54, 1.807) is 18.0 Å². The molecule has 146 valence electrons. The number of aliphatic hydroxyl groups is 1.